The van der Waals surface area contributed by atoms with E-state index < -0.39 is 0 Å². The van der Waals surface area contributed by atoms with Gasteiger partial charge in [-0.1, -0.05) is 140 Å². The van der Waals surface area contributed by atoms with Crippen LogP contribution in [-0.4, -0.2) is 14.5 Å². The molecule has 3 nitrogen and oxygen atoms in total. The van der Waals surface area contributed by atoms with Gasteiger partial charge in [0.05, 0.1) is 22.4 Å². The van der Waals surface area contributed by atoms with E-state index in [0.29, 0.717) is 0 Å². The smallest absolute Gasteiger partial charge is 0.160 e. The zero-order chi connectivity index (χ0) is 28.6. The van der Waals surface area contributed by atoms with E-state index >= 15 is 0 Å². The van der Waals surface area contributed by atoms with Crippen LogP contribution in [0, 0.1) is 0 Å². The molecule has 8 rings (SSSR count). The van der Waals surface area contributed by atoms with Gasteiger partial charge >= 0.3 is 0 Å². The third kappa shape index (κ3) is 4.48. The zero-order valence-corrected chi connectivity index (χ0v) is 23.4. The Hall–Kier alpha value is -5.80. The lowest BCUT2D eigenvalue weighted by Crippen LogP contribution is -1.96. The Kier molecular flexibility index (Phi) is 6.12. The van der Waals surface area contributed by atoms with Crippen molar-refractivity contribution in [1.29, 1.82) is 0 Å². The summed E-state index contributed by atoms with van der Waals surface area (Å²) in [6.45, 7) is 0. The molecular weight excluding hydrogens is 522 g/mol. The Morgan fingerprint density at radius 3 is 1.63 bits per heavy atom. The summed E-state index contributed by atoms with van der Waals surface area (Å²) in [5.41, 5.74) is 10.9. The Morgan fingerprint density at radius 1 is 0.395 bits per heavy atom. The summed E-state index contributed by atoms with van der Waals surface area (Å²) in [4.78, 5) is 9.96. The summed E-state index contributed by atoms with van der Waals surface area (Å²) in [5, 5.41) is 2.50. The Morgan fingerprint density at radius 2 is 0.930 bits per heavy atom. The highest BCUT2D eigenvalue weighted by molar-refractivity contribution is 6.13. The summed E-state index contributed by atoms with van der Waals surface area (Å²) in [6, 6.07) is 57.2. The standard InChI is InChI=1S/C40H27N3/c1-4-13-29(14-5-1)36-27-37(42-40(41-36)31-15-6-2-7-16-31)30-25-23-28(24-26-30)33-20-12-21-35-34-19-10-11-22-38(34)43(39(33)35)32-17-8-3-9-18-32/h1-27H. The number of rotatable bonds is 5. The van der Waals surface area contributed by atoms with Gasteiger partial charge in [0.1, 0.15) is 0 Å². The monoisotopic (exact) mass is 549 g/mol. The molecule has 0 amide bonds. The van der Waals surface area contributed by atoms with Crippen LogP contribution in [0.15, 0.2) is 164 Å². The van der Waals surface area contributed by atoms with Crippen LogP contribution in [0.3, 0.4) is 0 Å². The van der Waals surface area contributed by atoms with Crippen molar-refractivity contribution in [1.82, 2.24) is 14.5 Å². The summed E-state index contributed by atoms with van der Waals surface area (Å²) in [5.74, 6) is 0.721. The molecule has 2 aromatic heterocycles. The predicted octanol–water partition coefficient (Wildman–Crippen LogP) is 10.2. The van der Waals surface area contributed by atoms with Crippen LogP contribution in [0.25, 0.3) is 72.5 Å². The molecular formula is C40H27N3. The number of hydrogen-bond acceptors (Lipinski definition) is 2. The molecule has 0 saturated carbocycles. The highest BCUT2D eigenvalue weighted by Crippen LogP contribution is 2.38. The third-order valence-corrected chi connectivity index (χ3v) is 8.03. The minimum atomic E-state index is 0.721. The average molecular weight is 550 g/mol. The van der Waals surface area contributed by atoms with Gasteiger partial charge in [0.2, 0.25) is 0 Å². The predicted molar refractivity (Wildman–Crippen MR) is 178 cm³/mol. The number of aromatic nitrogens is 3. The van der Waals surface area contributed by atoms with Gasteiger partial charge in [-0.15, -0.1) is 0 Å². The molecule has 8 aromatic rings. The first-order chi connectivity index (χ1) is 21.3. The molecule has 2 heterocycles. The van der Waals surface area contributed by atoms with Crippen LogP contribution in [-0.2, 0) is 0 Å². The van der Waals surface area contributed by atoms with Crippen molar-refractivity contribution in [3.63, 3.8) is 0 Å². The van der Waals surface area contributed by atoms with Crippen LogP contribution in [0.2, 0.25) is 0 Å². The molecule has 0 unspecified atom stereocenters. The number of nitrogens with zero attached hydrogens (tertiary/aromatic N) is 3. The maximum absolute atomic E-state index is 5.02. The molecule has 0 aliphatic rings. The van der Waals surface area contributed by atoms with Crippen molar-refractivity contribution in [2.24, 2.45) is 0 Å². The average Bonchev–Trinajstić information content (AvgIpc) is 3.44. The highest BCUT2D eigenvalue weighted by atomic mass is 15.0. The van der Waals surface area contributed by atoms with Gasteiger partial charge in [0.25, 0.3) is 0 Å². The molecule has 3 heteroatoms. The molecule has 0 aliphatic heterocycles. The molecule has 0 radical (unpaired) electrons. The van der Waals surface area contributed by atoms with E-state index in [1.807, 2.05) is 36.4 Å². The van der Waals surface area contributed by atoms with E-state index in [9.17, 15) is 0 Å². The minimum absolute atomic E-state index is 0.721. The zero-order valence-electron chi connectivity index (χ0n) is 23.4. The fraction of sp³-hybridized carbons (Fsp3) is 0. The Bertz CT molecular complexity index is 2140. The first-order valence-corrected chi connectivity index (χ1v) is 14.5. The van der Waals surface area contributed by atoms with Crippen molar-refractivity contribution in [2.45, 2.75) is 0 Å². The molecule has 202 valence electrons. The van der Waals surface area contributed by atoms with Crippen LogP contribution in [0.1, 0.15) is 0 Å². The number of hydrogen-bond donors (Lipinski definition) is 0. The minimum Gasteiger partial charge on any atom is -0.309 e. The quantitative estimate of drug-likeness (QED) is 0.214. The molecule has 0 aliphatic carbocycles. The second kappa shape index (κ2) is 10.6. The van der Waals surface area contributed by atoms with Crippen LogP contribution >= 0.6 is 0 Å². The fourth-order valence-corrected chi connectivity index (χ4v) is 5.99. The van der Waals surface area contributed by atoms with Gasteiger partial charge in [0, 0.05) is 38.7 Å². The van der Waals surface area contributed by atoms with E-state index in [1.54, 1.807) is 0 Å². The topological polar surface area (TPSA) is 30.7 Å². The molecule has 0 N–H and O–H groups in total. The lowest BCUT2D eigenvalue weighted by molar-refractivity contribution is 1.18. The van der Waals surface area contributed by atoms with Crippen molar-refractivity contribution in [3.05, 3.63) is 164 Å². The second-order valence-corrected chi connectivity index (χ2v) is 10.7. The SMILES string of the molecule is c1ccc(-c2cc(-c3ccc(-c4cccc5c6ccccc6n(-c6ccccc6)c45)cc3)nc(-c3ccccc3)n2)cc1. The Labute approximate surface area is 250 Å². The van der Waals surface area contributed by atoms with Crippen molar-refractivity contribution in [2.75, 3.05) is 0 Å². The van der Waals surface area contributed by atoms with Crippen LogP contribution in [0.4, 0.5) is 0 Å². The number of para-hydroxylation sites is 3. The van der Waals surface area contributed by atoms with Gasteiger partial charge < -0.3 is 4.57 Å². The maximum Gasteiger partial charge on any atom is 0.160 e. The maximum atomic E-state index is 5.02. The van der Waals surface area contributed by atoms with E-state index in [-0.39, 0.29) is 0 Å². The van der Waals surface area contributed by atoms with E-state index in [1.165, 1.54) is 27.4 Å². The van der Waals surface area contributed by atoms with Crippen molar-refractivity contribution >= 4 is 21.8 Å². The largest absolute Gasteiger partial charge is 0.309 e. The first kappa shape index (κ1) is 25.0. The third-order valence-electron chi connectivity index (χ3n) is 8.03. The van der Waals surface area contributed by atoms with Crippen LogP contribution < -0.4 is 0 Å². The molecule has 0 bridgehead atoms. The molecule has 0 atom stereocenters. The lowest BCUT2D eigenvalue weighted by Gasteiger charge is -2.12. The summed E-state index contributed by atoms with van der Waals surface area (Å²) < 4.78 is 2.39. The van der Waals surface area contributed by atoms with Crippen molar-refractivity contribution in [3.8, 4) is 50.7 Å². The first-order valence-electron chi connectivity index (χ1n) is 14.5. The van der Waals surface area contributed by atoms with E-state index in [4.69, 9.17) is 9.97 Å². The normalized spacial score (nSPS) is 11.3. The van der Waals surface area contributed by atoms with Gasteiger partial charge in [-0.05, 0) is 29.8 Å². The Balaban J connectivity index is 1.28. The summed E-state index contributed by atoms with van der Waals surface area (Å²) >= 11 is 0. The molecule has 6 aromatic carbocycles. The molecule has 43 heavy (non-hydrogen) atoms. The highest BCUT2D eigenvalue weighted by Gasteiger charge is 2.16. The lowest BCUT2D eigenvalue weighted by atomic mass is 9.99. The van der Waals surface area contributed by atoms with Gasteiger partial charge in [-0.2, -0.15) is 0 Å². The van der Waals surface area contributed by atoms with Crippen LogP contribution in [0.5, 0.6) is 0 Å². The number of fused-ring (bicyclic) bond motifs is 3. The number of benzene rings is 6. The van der Waals surface area contributed by atoms with Crippen molar-refractivity contribution < 1.29 is 0 Å². The second-order valence-electron chi connectivity index (χ2n) is 10.7. The molecule has 0 saturated heterocycles. The fourth-order valence-electron chi connectivity index (χ4n) is 5.99. The van der Waals surface area contributed by atoms with E-state index in [2.05, 4.69) is 132 Å². The summed E-state index contributed by atoms with van der Waals surface area (Å²) in [7, 11) is 0. The van der Waals surface area contributed by atoms with Gasteiger partial charge in [-0.25, -0.2) is 9.97 Å². The molecule has 0 spiro atoms. The summed E-state index contributed by atoms with van der Waals surface area (Å²) in [6.07, 6.45) is 0. The van der Waals surface area contributed by atoms with E-state index in [0.717, 1.165) is 45.2 Å². The van der Waals surface area contributed by atoms with Gasteiger partial charge in [-0.3, -0.25) is 0 Å². The van der Waals surface area contributed by atoms with Gasteiger partial charge in [0.15, 0.2) is 5.82 Å². The molecule has 0 fully saturated rings.